The highest BCUT2D eigenvalue weighted by molar-refractivity contribution is 9.10. The van der Waals surface area contributed by atoms with Gasteiger partial charge in [-0.25, -0.2) is 0 Å². The fourth-order valence-corrected chi connectivity index (χ4v) is 7.65. The Morgan fingerprint density at radius 3 is 2.78 bits per heavy atom. The molecule has 4 aromatic rings. The minimum absolute atomic E-state index is 0.00853. The van der Waals surface area contributed by atoms with Crippen LogP contribution in [-0.4, -0.2) is 70.1 Å². The summed E-state index contributed by atoms with van der Waals surface area (Å²) in [5.74, 6) is 0.149. The molecule has 7 rings (SSSR count). The molecule has 1 saturated carbocycles. The summed E-state index contributed by atoms with van der Waals surface area (Å²) in [6, 6.07) is 11.9. The molecule has 0 radical (unpaired) electrons. The number of aromatic amines is 2. The Balaban J connectivity index is 1.12. The first-order valence-corrected chi connectivity index (χ1v) is 15.0. The van der Waals surface area contributed by atoms with Crippen molar-refractivity contribution in [1.29, 1.82) is 0 Å². The van der Waals surface area contributed by atoms with Crippen LogP contribution < -0.4 is 5.56 Å². The van der Waals surface area contributed by atoms with Gasteiger partial charge in [0.2, 0.25) is 11.8 Å². The number of nitrogens with zero attached hydrogens (tertiary/aromatic N) is 3. The van der Waals surface area contributed by atoms with Crippen LogP contribution in [0.15, 0.2) is 51.9 Å². The van der Waals surface area contributed by atoms with Crippen LogP contribution in [0.25, 0.3) is 21.8 Å². The number of carbonyl (C=O) groups is 2. The molecule has 2 aromatic heterocycles. The van der Waals surface area contributed by atoms with E-state index in [1.165, 1.54) is 0 Å². The number of amides is 2. The van der Waals surface area contributed by atoms with Crippen LogP contribution in [0.5, 0.6) is 0 Å². The van der Waals surface area contributed by atoms with Crippen molar-refractivity contribution in [2.45, 2.75) is 44.1 Å². The van der Waals surface area contributed by atoms with E-state index in [1.807, 2.05) is 46.3 Å². The standard InChI is InChI=1S/C31H32BrN5O4/c1-41-11-10-37-17-23-21(13-25(32)28-22(23)16-33-35-28)24-14-31(24,30(37)40)15-27(38)36-8-6-18(7-9-36)20-12-19-4-2-3-5-26(19)34-29(20)39/h2-5,12-13,16,18,24H,6-11,14-15,17H2,1H3,(H,33,35)(H,34,39)/t24-,31?/m1/s1. The molecule has 1 aliphatic carbocycles. The summed E-state index contributed by atoms with van der Waals surface area (Å²) in [5.41, 5.74) is 3.98. The number of methoxy groups -OCH3 is 1. The van der Waals surface area contributed by atoms with Gasteiger partial charge in [0.1, 0.15) is 0 Å². The summed E-state index contributed by atoms with van der Waals surface area (Å²) >= 11 is 3.68. The van der Waals surface area contributed by atoms with Gasteiger partial charge in [0.05, 0.1) is 23.7 Å². The van der Waals surface area contributed by atoms with Crippen LogP contribution in [0.1, 0.15) is 54.2 Å². The van der Waals surface area contributed by atoms with Gasteiger partial charge in [-0.15, -0.1) is 0 Å². The van der Waals surface area contributed by atoms with Crippen molar-refractivity contribution in [3.05, 3.63) is 74.1 Å². The van der Waals surface area contributed by atoms with E-state index in [2.05, 4.69) is 37.2 Å². The van der Waals surface area contributed by atoms with Crippen LogP contribution in [-0.2, 0) is 20.9 Å². The zero-order valence-corrected chi connectivity index (χ0v) is 24.5. The molecule has 1 saturated heterocycles. The van der Waals surface area contributed by atoms with E-state index in [9.17, 15) is 14.4 Å². The van der Waals surface area contributed by atoms with E-state index in [0.717, 1.165) is 55.8 Å². The van der Waals surface area contributed by atoms with Crippen molar-refractivity contribution in [3.8, 4) is 0 Å². The topological polar surface area (TPSA) is 111 Å². The molecule has 4 heterocycles. The number of fused-ring (bicyclic) bond motifs is 6. The third-order valence-electron chi connectivity index (χ3n) is 9.45. The number of benzene rings is 2. The van der Waals surface area contributed by atoms with Crippen LogP contribution >= 0.6 is 15.9 Å². The Bertz CT molecular complexity index is 1740. The van der Waals surface area contributed by atoms with Crippen molar-refractivity contribution < 1.29 is 14.3 Å². The predicted molar refractivity (Wildman–Crippen MR) is 159 cm³/mol. The number of ether oxygens (including phenoxy) is 1. The molecule has 2 fully saturated rings. The Morgan fingerprint density at radius 1 is 1.17 bits per heavy atom. The summed E-state index contributed by atoms with van der Waals surface area (Å²) in [5, 5.41) is 9.34. The van der Waals surface area contributed by atoms with Crippen molar-refractivity contribution >= 4 is 49.6 Å². The first-order valence-electron chi connectivity index (χ1n) is 14.2. The Kier molecular flexibility index (Phi) is 6.50. The minimum atomic E-state index is -0.737. The summed E-state index contributed by atoms with van der Waals surface area (Å²) in [4.78, 5) is 47.4. The third kappa shape index (κ3) is 4.39. The second-order valence-corrected chi connectivity index (χ2v) is 12.5. The fraction of sp³-hybridized carbons (Fsp3) is 0.419. The number of piperidine rings is 1. The maximum atomic E-state index is 14.1. The van der Waals surface area contributed by atoms with Crippen molar-refractivity contribution in [3.63, 3.8) is 0 Å². The molecule has 2 aromatic carbocycles. The first kappa shape index (κ1) is 26.4. The number of likely N-dealkylation sites (tertiary alicyclic amines) is 1. The maximum Gasteiger partial charge on any atom is 0.251 e. The quantitative estimate of drug-likeness (QED) is 0.333. The summed E-state index contributed by atoms with van der Waals surface area (Å²) in [6.07, 6.45) is 4.13. The van der Waals surface area contributed by atoms with Gasteiger partial charge in [0.25, 0.3) is 5.56 Å². The number of halogens is 1. The number of H-pyrrole nitrogens is 2. The monoisotopic (exact) mass is 617 g/mol. The van der Waals surface area contributed by atoms with Crippen molar-refractivity contribution in [2.24, 2.45) is 5.41 Å². The largest absolute Gasteiger partial charge is 0.383 e. The van der Waals surface area contributed by atoms with Crippen LogP contribution in [0.4, 0.5) is 0 Å². The van der Waals surface area contributed by atoms with Crippen LogP contribution in [0.2, 0.25) is 0 Å². The number of carbonyl (C=O) groups excluding carboxylic acids is 2. The van der Waals surface area contributed by atoms with E-state index >= 15 is 0 Å². The molecule has 2 N–H and O–H groups in total. The lowest BCUT2D eigenvalue weighted by Crippen LogP contribution is -2.43. The van der Waals surface area contributed by atoms with Gasteiger partial charge >= 0.3 is 0 Å². The molecule has 1 unspecified atom stereocenters. The Hall–Kier alpha value is -3.50. The SMILES string of the molecule is COCCN1Cc2c(cc(Br)c3[nH]ncc23)[C@H]2CC2(CC(=O)N2CCC(c3cc4ccccc4[nH]c3=O)CC2)C1=O. The lowest BCUT2D eigenvalue weighted by atomic mass is 9.88. The molecular weight excluding hydrogens is 586 g/mol. The highest BCUT2D eigenvalue weighted by Crippen LogP contribution is 2.65. The number of nitrogens with one attached hydrogen (secondary N) is 2. The average molecular weight is 619 g/mol. The second kappa shape index (κ2) is 10.1. The Morgan fingerprint density at radius 2 is 1.98 bits per heavy atom. The van der Waals surface area contributed by atoms with E-state index < -0.39 is 5.41 Å². The number of aromatic nitrogens is 3. The number of rotatable bonds is 6. The number of pyridine rings is 1. The fourth-order valence-electron chi connectivity index (χ4n) is 7.10. The maximum absolute atomic E-state index is 14.1. The molecule has 0 spiro atoms. The predicted octanol–water partition coefficient (Wildman–Crippen LogP) is 4.43. The molecule has 212 valence electrons. The van der Waals surface area contributed by atoms with E-state index in [0.29, 0.717) is 39.2 Å². The Labute approximate surface area is 245 Å². The van der Waals surface area contributed by atoms with Crippen molar-refractivity contribution in [1.82, 2.24) is 25.0 Å². The van der Waals surface area contributed by atoms with Crippen molar-refractivity contribution in [2.75, 3.05) is 33.4 Å². The molecular formula is C31H32BrN5O4. The van der Waals surface area contributed by atoms with Crippen LogP contribution in [0.3, 0.4) is 0 Å². The van der Waals surface area contributed by atoms with E-state index in [-0.39, 0.29) is 35.6 Å². The van der Waals surface area contributed by atoms with Gasteiger partial charge in [-0.1, -0.05) is 18.2 Å². The second-order valence-electron chi connectivity index (χ2n) is 11.7. The molecule has 3 aliphatic rings. The molecule has 0 bridgehead atoms. The summed E-state index contributed by atoms with van der Waals surface area (Å²) in [7, 11) is 1.64. The minimum Gasteiger partial charge on any atom is -0.383 e. The number of hydrogen-bond acceptors (Lipinski definition) is 5. The molecule has 10 heteroatoms. The number of hydrogen-bond donors (Lipinski definition) is 2. The average Bonchev–Trinajstić information content (AvgIpc) is 3.49. The zero-order chi connectivity index (χ0) is 28.3. The zero-order valence-electron chi connectivity index (χ0n) is 22.9. The van der Waals surface area contributed by atoms with E-state index in [4.69, 9.17) is 4.74 Å². The molecule has 2 aliphatic heterocycles. The normalized spacial score (nSPS) is 22.6. The van der Waals surface area contributed by atoms with Gasteiger partial charge in [-0.2, -0.15) is 5.10 Å². The first-order chi connectivity index (χ1) is 19.9. The number of para-hydroxylation sites is 1. The molecule has 41 heavy (non-hydrogen) atoms. The lowest BCUT2D eigenvalue weighted by Gasteiger charge is -2.33. The molecule has 9 nitrogen and oxygen atoms in total. The smallest absolute Gasteiger partial charge is 0.251 e. The third-order valence-corrected chi connectivity index (χ3v) is 10.1. The van der Waals surface area contributed by atoms with Gasteiger partial charge < -0.3 is 19.5 Å². The highest BCUT2D eigenvalue weighted by Gasteiger charge is 2.64. The highest BCUT2D eigenvalue weighted by atomic mass is 79.9. The van der Waals surface area contributed by atoms with Crippen LogP contribution in [0, 0.1) is 5.41 Å². The molecule has 2 atom stereocenters. The summed E-state index contributed by atoms with van der Waals surface area (Å²) < 4.78 is 6.25. The molecule has 2 amide bonds. The van der Waals surface area contributed by atoms with Gasteiger partial charge in [0.15, 0.2) is 0 Å². The summed E-state index contributed by atoms with van der Waals surface area (Å²) in [6.45, 7) is 2.53. The van der Waals surface area contributed by atoms with Gasteiger partial charge in [0, 0.05) is 66.6 Å². The van der Waals surface area contributed by atoms with E-state index in [1.54, 1.807) is 7.11 Å². The van der Waals surface area contributed by atoms with Gasteiger partial charge in [-0.05, 0) is 75.8 Å². The lowest BCUT2D eigenvalue weighted by molar-refractivity contribution is -0.144. The van der Waals surface area contributed by atoms with Gasteiger partial charge in [-0.3, -0.25) is 19.5 Å².